The van der Waals surface area contributed by atoms with Crippen molar-refractivity contribution in [3.63, 3.8) is 0 Å². The molecule has 4 nitrogen and oxygen atoms in total. The van der Waals surface area contributed by atoms with Gasteiger partial charge in [-0.05, 0) is 0 Å². The van der Waals surface area contributed by atoms with Gasteiger partial charge in [-0.1, -0.05) is 5.16 Å². The first-order valence-electron chi connectivity index (χ1n) is 1.62. The summed E-state index contributed by atoms with van der Waals surface area (Å²) in [5.74, 6) is 0. The standard InChI is InChI=1S/C3H5NO3/c5-2-3(6)1-4-7/h1-3,6-7H. The Kier molecular flexibility index (Phi) is 2.87. The third-order valence-electron chi connectivity index (χ3n) is 0.359. The topological polar surface area (TPSA) is 69.9 Å². The summed E-state index contributed by atoms with van der Waals surface area (Å²) in [6, 6.07) is 0. The molecule has 2 N–H and O–H groups in total. The van der Waals surface area contributed by atoms with Gasteiger partial charge in [-0.2, -0.15) is 0 Å². The van der Waals surface area contributed by atoms with E-state index in [2.05, 4.69) is 5.16 Å². The summed E-state index contributed by atoms with van der Waals surface area (Å²) in [6.45, 7) is 0. The fourth-order valence-corrected chi connectivity index (χ4v) is 0.103. The largest absolute Gasteiger partial charge is 0.411 e. The van der Waals surface area contributed by atoms with E-state index in [1.165, 1.54) is 0 Å². The highest BCUT2D eigenvalue weighted by molar-refractivity contribution is 5.82. The lowest BCUT2D eigenvalue weighted by Crippen LogP contribution is -2.08. The Morgan fingerprint density at radius 3 is 2.43 bits per heavy atom. The number of aldehydes is 1. The molecule has 0 heterocycles. The molecule has 0 rings (SSSR count). The lowest BCUT2D eigenvalue weighted by molar-refractivity contribution is -0.112. The first kappa shape index (κ1) is 6.10. The van der Waals surface area contributed by atoms with Crippen molar-refractivity contribution >= 4 is 12.5 Å². The molecule has 0 amide bonds. The first-order chi connectivity index (χ1) is 3.31. The van der Waals surface area contributed by atoms with Gasteiger partial charge in [-0.3, -0.25) is 0 Å². The zero-order valence-corrected chi connectivity index (χ0v) is 3.48. The van der Waals surface area contributed by atoms with Gasteiger partial charge in [0.25, 0.3) is 0 Å². The predicted octanol–water partition coefficient (Wildman–Crippen LogP) is -0.994. The summed E-state index contributed by atoms with van der Waals surface area (Å²) < 4.78 is 0. The molecule has 0 aliphatic rings. The Labute approximate surface area is 40.1 Å². The zero-order valence-electron chi connectivity index (χ0n) is 3.48. The van der Waals surface area contributed by atoms with E-state index >= 15 is 0 Å². The van der Waals surface area contributed by atoms with Gasteiger partial charge in [0.15, 0.2) is 6.29 Å². The molecule has 0 saturated carbocycles. The monoisotopic (exact) mass is 103 g/mol. The molecular weight excluding hydrogens is 98.0 g/mol. The predicted molar refractivity (Wildman–Crippen MR) is 22.3 cm³/mol. The number of rotatable bonds is 2. The van der Waals surface area contributed by atoms with Crippen molar-refractivity contribution in [2.24, 2.45) is 5.16 Å². The molecule has 1 unspecified atom stereocenters. The van der Waals surface area contributed by atoms with Crippen LogP contribution in [-0.2, 0) is 4.79 Å². The van der Waals surface area contributed by atoms with Gasteiger partial charge in [0.2, 0.25) is 0 Å². The average Bonchev–Trinajstić information content (AvgIpc) is 1.68. The van der Waals surface area contributed by atoms with Crippen molar-refractivity contribution in [3.8, 4) is 0 Å². The summed E-state index contributed by atoms with van der Waals surface area (Å²) >= 11 is 0. The first-order valence-corrected chi connectivity index (χ1v) is 1.62. The Bertz CT molecular complexity index is 80.2. The van der Waals surface area contributed by atoms with Gasteiger partial charge in [0.05, 0.1) is 6.21 Å². The minimum atomic E-state index is -1.27. The molecule has 0 saturated heterocycles. The third-order valence-corrected chi connectivity index (χ3v) is 0.359. The van der Waals surface area contributed by atoms with Gasteiger partial charge < -0.3 is 15.1 Å². The number of nitrogens with zero attached hydrogens (tertiary/aromatic N) is 1. The van der Waals surface area contributed by atoms with Gasteiger partial charge in [0, 0.05) is 0 Å². The molecule has 1 atom stereocenters. The molecular formula is C3H5NO3. The highest BCUT2D eigenvalue weighted by Gasteiger charge is 1.91. The van der Waals surface area contributed by atoms with E-state index in [0.29, 0.717) is 6.21 Å². The number of aliphatic hydroxyl groups is 1. The lowest BCUT2D eigenvalue weighted by Gasteiger charge is -1.84. The minimum Gasteiger partial charge on any atom is -0.411 e. The molecule has 40 valence electrons. The maximum Gasteiger partial charge on any atom is 0.154 e. The second-order valence-corrected chi connectivity index (χ2v) is 0.891. The van der Waals surface area contributed by atoms with E-state index < -0.39 is 6.10 Å². The Balaban J connectivity index is 3.35. The fraction of sp³-hybridized carbons (Fsp3) is 0.333. The van der Waals surface area contributed by atoms with Crippen LogP contribution in [0.2, 0.25) is 0 Å². The van der Waals surface area contributed by atoms with Gasteiger partial charge in [-0.25, -0.2) is 0 Å². The van der Waals surface area contributed by atoms with Gasteiger partial charge in [0.1, 0.15) is 6.10 Å². The molecule has 0 aromatic rings. The highest BCUT2D eigenvalue weighted by atomic mass is 16.4. The zero-order chi connectivity index (χ0) is 5.70. The van der Waals surface area contributed by atoms with Gasteiger partial charge in [-0.15, -0.1) is 0 Å². The van der Waals surface area contributed by atoms with E-state index in [0.717, 1.165) is 0 Å². The highest BCUT2D eigenvalue weighted by Crippen LogP contribution is 1.64. The van der Waals surface area contributed by atoms with Crippen molar-refractivity contribution in [3.05, 3.63) is 0 Å². The summed E-state index contributed by atoms with van der Waals surface area (Å²) in [6.07, 6.45) is -0.308. The summed E-state index contributed by atoms with van der Waals surface area (Å²) in [4.78, 5) is 9.44. The van der Waals surface area contributed by atoms with Crippen LogP contribution in [-0.4, -0.2) is 28.9 Å². The quantitative estimate of drug-likeness (QED) is 0.204. The number of hydrogen-bond donors (Lipinski definition) is 2. The van der Waals surface area contributed by atoms with Crippen LogP contribution >= 0.6 is 0 Å². The average molecular weight is 103 g/mol. The van der Waals surface area contributed by atoms with Crippen LogP contribution in [0, 0.1) is 0 Å². The van der Waals surface area contributed by atoms with Crippen LogP contribution in [0.5, 0.6) is 0 Å². The Morgan fingerprint density at radius 2 is 2.29 bits per heavy atom. The SMILES string of the molecule is O=CC(O)C=NO. The molecule has 0 aromatic carbocycles. The third kappa shape index (κ3) is 2.92. The summed E-state index contributed by atoms with van der Waals surface area (Å²) in [5, 5.41) is 18.2. The van der Waals surface area contributed by atoms with E-state index in [4.69, 9.17) is 10.3 Å². The smallest absolute Gasteiger partial charge is 0.154 e. The van der Waals surface area contributed by atoms with Crippen molar-refractivity contribution < 1.29 is 15.1 Å². The van der Waals surface area contributed by atoms with Crippen molar-refractivity contribution in [2.75, 3.05) is 0 Å². The molecule has 0 fully saturated rings. The Hall–Kier alpha value is -0.900. The van der Waals surface area contributed by atoms with Gasteiger partial charge >= 0.3 is 0 Å². The number of carbonyl (C=O) groups is 1. The molecule has 0 bridgehead atoms. The minimum absolute atomic E-state index is 0.250. The molecule has 0 radical (unpaired) electrons. The molecule has 0 aliphatic heterocycles. The summed E-state index contributed by atoms with van der Waals surface area (Å²) in [7, 11) is 0. The van der Waals surface area contributed by atoms with E-state index in [1.54, 1.807) is 0 Å². The number of oxime groups is 1. The van der Waals surface area contributed by atoms with E-state index in [9.17, 15) is 4.79 Å². The Morgan fingerprint density at radius 1 is 1.71 bits per heavy atom. The second-order valence-electron chi connectivity index (χ2n) is 0.891. The summed E-state index contributed by atoms with van der Waals surface area (Å²) in [5.41, 5.74) is 0. The maximum atomic E-state index is 9.44. The maximum absolute atomic E-state index is 9.44. The number of hydrogen-bond acceptors (Lipinski definition) is 4. The molecule has 0 aliphatic carbocycles. The normalized spacial score (nSPS) is 14.4. The van der Waals surface area contributed by atoms with Crippen LogP contribution in [0.4, 0.5) is 0 Å². The van der Waals surface area contributed by atoms with Crippen LogP contribution in [0.3, 0.4) is 0 Å². The van der Waals surface area contributed by atoms with Crippen molar-refractivity contribution in [2.45, 2.75) is 6.10 Å². The second kappa shape index (κ2) is 3.30. The van der Waals surface area contributed by atoms with Crippen LogP contribution in [0.15, 0.2) is 5.16 Å². The fourth-order valence-electron chi connectivity index (χ4n) is 0.103. The van der Waals surface area contributed by atoms with Crippen LogP contribution in [0.1, 0.15) is 0 Å². The number of aliphatic hydroxyl groups excluding tert-OH is 1. The van der Waals surface area contributed by atoms with Crippen LogP contribution < -0.4 is 0 Å². The van der Waals surface area contributed by atoms with Crippen molar-refractivity contribution in [1.29, 1.82) is 0 Å². The molecule has 0 spiro atoms. The van der Waals surface area contributed by atoms with E-state index in [-0.39, 0.29) is 6.29 Å². The van der Waals surface area contributed by atoms with Crippen molar-refractivity contribution in [1.82, 2.24) is 0 Å². The van der Waals surface area contributed by atoms with E-state index in [1.807, 2.05) is 0 Å². The number of carbonyl (C=O) groups excluding carboxylic acids is 1. The van der Waals surface area contributed by atoms with Crippen LogP contribution in [0.25, 0.3) is 0 Å². The molecule has 7 heavy (non-hydrogen) atoms. The molecule has 0 aromatic heterocycles. The lowest BCUT2D eigenvalue weighted by atomic mass is 10.4. The molecule has 4 heteroatoms.